The normalized spacial score (nSPS) is 26.4. The van der Waals surface area contributed by atoms with Crippen molar-refractivity contribution in [3.63, 3.8) is 0 Å². The molecule has 1 saturated heterocycles. The molecule has 0 amide bonds. The van der Waals surface area contributed by atoms with Crippen molar-refractivity contribution in [2.45, 2.75) is 76.4 Å². The molecule has 2 rings (SSSR count). The molecule has 3 heteroatoms. The molecule has 0 bridgehead atoms. The second-order valence-electron chi connectivity index (χ2n) is 6.40. The Bertz CT molecular complexity index is 251. The summed E-state index contributed by atoms with van der Waals surface area (Å²) in [5.74, 6) is 0. The number of hydrogen-bond acceptors (Lipinski definition) is 3. The summed E-state index contributed by atoms with van der Waals surface area (Å²) in [6.45, 7) is 5.40. The summed E-state index contributed by atoms with van der Waals surface area (Å²) in [5.41, 5.74) is 0.235. The fraction of sp³-hybridized carbons (Fsp3) is 1.00. The van der Waals surface area contributed by atoms with Crippen molar-refractivity contribution < 1.29 is 9.84 Å². The van der Waals surface area contributed by atoms with E-state index in [1.54, 1.807) is 0 Å². The van der Waals surface area contributed by atoms with E-state index in [-0.39, 0.29) is 12.2 Å². The summed E-state index contributed by atoms with van der Waals surface area (Å²) >= 11 is 0. The first-order valence-electron chi connectivity index (χ1n) is 8.29. The fourth-order valence-corrected chi connectivity index (χ4v) is 3.69. The quantitative estimate of drug-likeness (QED) is 0.771. The third kappa shape index (κ3) is 4.44. The topological polar surface area (TPSA) is 32.7 Å². The van der Waals surface area contributed by atoms with E-state index in [2.05, 4.69) is 11.8 Å². The molecular formula is C16H31NO2. The van der Waals surface area contributed by atoms with Crippen LogP contribution in [0.15, 0.2) is 0 Å². The summed E-state index contributed by atoms with van der Waals surface area (Å²) in [7, 11) is 0. The van der Waals surface area contributed by atoms with Gasteiger partial charge in [0.25, 0.3) is 0 Å². The second kappa shape index (κ2) is 7.61. The minimum Gasteiger partial charge on any atom is -0.395 e. The molecule has 1 saturated carbocycles. The summed E-state index contributed by atoms with van der Waals surface area (Å²) in [6, 6.07) is 0. The number of hydrogen-bond donors (Lipinski definition) is 1. The van der Waals surface area contributed by atoms with E-state index in [1.165, 1.54) is 57.8 Å². The average molecular weight is 269 g/mol. The van der Waals surface area contributed by atoms with Crippen LogP contribution in [-0.2, 0) is 4.74 Å². The molecule has 0 aromatic carbocycles. The van der Waals surface area contributed by atoms with Crippen LogP contribution in [0.1, 0.15) is 64.7 Å². The van der Waals surface area contributed by atoms with E-state index in [4.69, 9.17) is 9.84 Å². The number of aliphatic hydroxyl groups excluding tert-OH is 1. The molecule has 1 unspecified atom stereocenters. The number of ether oxygens (including phenoxy) is 1. The van der Waals surface area contributed by atoms with Gasteiger partial charge >= 0.3 is 0 Å². The SMILES string of the molecule is CCCCN(CCO)CC1CCC2(CCCCC2)O1. The Morgan fingerprint density at radius 3 is 2.63 bits per heavy atom. The molecule has 1 atom stereocenters. The first kappa shape index (κ1) is 15.3. The van der Waals surface area contributed by atoms with Crippen LogP contribution in [0.25, 0.3) is 0 Å². The van der Waals surface area contributed by atoms with Gasteiger partial charge < -0.3 is 9.84 Å². The monoisotopic (exact) mass is 269 g/mol. The van der Waals surface area contributed by atoms with E-state index in [0.717, 1.165) is 19.6 Å². The molecule has 1 aliphatic heterocycles. The first-order valence-corrected chi connectivity index (χ1v) is 8.29. The van der Waals surface area contributed by atoms with E-state index in [1.807, 2.05) is 0 Å². The van der Waals surface area contributed by atoms with Gasteiger partial charge in [0.05, 0.1) is 18.3 Å². The van der Waals surface area contributed by atoms with Gasteiger partial charge in [0.15, 0.2) is 0 Å². The van der Waals surface area contributed by atoms with Crippen LogP contribution >= 0.6 is 0 Å². The van der Waals surface area contributed by atoms with Gasteiger partial charge in [0, 0.05) is 13.1 Å². The number of rotatable bonds is 7. The van der Waals surface area contributed by atoms with Crippen molar-refractivity contribution in [2.24, 2.45) is 0 Å². The highest BCUT2D eigenvalue weighted by Crippen LogP contribution is 2.41. The standard InChI is InChI=1S/C16H31NO2/c1-2-3-11-17(12-13-18)14-15-7-10-16(19-15)8-5-4-6-9-16/h15,18H,2-14H2,1H3. The summed E-state index contributed by atoms with van der Waals surface area (Å²) in [5, 5.41) is 9.17. The largest absolute Gasteiger partial charge is 0.395 e. The average Bonchev–Trinajstić information content (AvgIpc) is 2.80. The summed E-state index contributed by atoms with van der Waals surface area (Å²) in [6.07, 6.45) is 12.0. The Labute approximate surface area is 118 Å². The molecule has 0 aromatic heterocycles. The molecule has 2 aliphatic rings. The molecule has 1 aliphatic carbocycles. The third-order valence-corrected chi connectivity index (χ3v) is 4.81. The Hall–Kier alpha value is -0.120. The second-order valence-corrected chi connectivity index (χ2v) is 6.40. The number of aliphatic hydroxyl groups is 1. The lowest BCUT2D eigenvalue weighted by Gasteiger charge is -2.34. The minimum atomic E-state index is 0.235. The summed E-state index contributed by atoms with van der Waals surface area (Å²) < 4.78 is 6.42. The van der Waals surface area contributed by atoms with E-state index in [0.29, 0.717) is 6.10 Å². The van der Waals surface area contributed by atoms with Gasteiger partial charge in [-0.25, -0.2) is 0 Å². The lowest BCUT2D eigenvalue weighted by molar-refractivity contribution is -0.0724. The molecule has 1 heterocycles. The zero-order valence-electron chi connectivity index (χ0n) is 12.6. The predicted molar refractivity (Wildman–Crippen MR) is 78.4 cm³/mol. The fourth-order valence-electron chi connectivity index (χ4n) is 3.69. The highest BCUT2D eigenvalue weighted by molar-refractivity contribution is 4.92. The minimum absolute atomic E-state index is 0.235. The lowest BCUT2D eigenvalue weighted by Crippen LogP contribution is -2.38. The lowest BCUT2D eigenvalue weighted by atomic mass is 9.83. The van der Waals surface area contributed by atoms with Crippen molar-refractivity contribution in [1.29, 1.82) is 0 Å². The van der Waals surface area contributed by atoms with Crippen LogP contribution < -0.4 is 0 Å². The first-order chi connectivity index (χ1) is 9.28. The molecule has 0 radical (unpaired) electrons. The van der Waals surface area contributed by atoms with Crippen molar-refractivity contribution in [2.75, 3.05) is 26.2 Å². The molecule has 112 valence electrons. The van der Waals surface area contributed by atoms with Gasteiger partial charge in [0.1, 0.15) is 0 Å². The van der Waals surface area contributed by atoms with E-state index >= 15 is 0 Å². The molecule has 1 N–H and O–H groups in total. The van der Waals surface area contributed by atoms with Gasteiger partial charge in [-0.1, -0.05) is 32.6 Å². The number of unbranched alkanes of at least 4 members (excludes halogenated alkanes) is 1. The van der Waals surface area contributed by atoms with Crippen molar-refractivity contribution in [3.8, 4) is 0 Å². The van der Waals surface area contributed by atoms with Gasteiger partial charge in [-0.2, -0.15) is 0 Å². The van der Waals surface area contributed by atoms with Gasteiger partial charge in [-0.15, -0.1) is 0 Å². The van der Waals surface area contributed by atoms with Gasteiger partial charge in [-0.3, -0.25) is 4.90 Å². The highest BCUT2D eigenvalue weighted by atomic mass is 16.5. The zero-order valence-corrected chi connectivity index (χ0v) is 12.6. The van der Waals surface area contributed by atoms with Crippen LogP contribution in [0.5, 0.6) is 0 Å². The van der Waals surface area contributed by atoms with Gasteiger partial charge in [0.2, 0.25) is 0 Å². The van der Waals surface area contributed by atoms with Crippen LogP contribution in [0.4, 0.5) is 0 Å². The molecule has 3 nitrogen and oxygen atoms in total. The van der Waals surface area contributed by atoms with E-state index < -0.39 is 0 Å². The smallest absolute Gasteiger partial charge is 0.0710 e. The van der Waals surface area contributed by atoms with Crippen LogP contribution in [0.3, 0.4) is 0 Å². The predicted octanol–water partition coefficient (Wildman–Crippen LogP) is 2.96. The molecule has 19 heavy (non-hydrogen) atoms. The molecule has 2 fully saturated rings. The van der Waals surface area contributed by atoms with Crippen molar-refractivity contribution >= 4 is 0 Å². The van der Waals surface area contributed by atoms with Gasteiger partial charge in [-0.05, 0) is 38.6 Å². The van der Waals surface area contributed by atoms with E-state index in [9.17, 15) is 0 Å². The third-order valence-electron chi connectivity index (χ3n) is 4.81. The Morgan fingerprint density at radius 2 is 1.95 bits per heavy atom. The summed E-state index contributed by atoms with van der Waals surface area (Å²) in [4.78, 5) is 2.38. The maximum absolute atomic E-state index is 9.17. The highest BCUT2D eigenvalue weighted by Gasteiger charge is 2.40. The van der Waals surface area contributed by atoms with Crippen LogP contribution in [0, 0.1) is 0 Å². The molecule has 0 aromatic rings. The maximum Gasteiger partial charge on any atom is 0.0710 e. The number of nitrogens with zero attached hydrogens (tertiary/aromatic N) is 1. The van der Waals surface area contributed by atoms with Crippen LogP contribution in [-0.4, -0.2) is 48.0 Å². The Balaban J connectivity index is 1.78. The molecule has 1 spiro atoms. The van der Waals surface area contributed by atoms with Crippen molar-refractivity contribution in [1.82, 2.24) is 4.90 Å². The zero-order chi connectivity index (χ0) is 13.6. The van der Waals surface area contributed by atoms with Crippen LogP contribution in [0.2, 0.25) is 0 Å². The Kier molecular flexibility index (Phi) is 6.11. The Morgan fingerprint density at radius 1 is 1.16 bits per heavy atom. The molecular weight excluding hydrogens is 238 g/mol. The maximum atomic E-state index is 9.17. The van der Waals surface area contributed by atoms with Crippen molar-refractivity contribution in [3.05, 3.63) is 0 Å².